The highest BCUT2D eigenvalue weighted by Crippen LogP contribution is 2.06. The quantitative estimate of drug-likeness (QED) is 0.699. The van der Waals surface area contributed by atoms with Crippen molar-refractivity contribution in [1.82, 2.24) is 15.1 Å². The normalized spacial score (nSPS) is 20.8. The number of hydrogen-bond donors (Lipinski definition) is 2. The average Bonchev–Trinajstić information content (AvgIpc) is 2.64. The first-order chi connectivity index (χ1) is 10.0. The van der Waals surface area contributed by atoms with Crippen LogP contribution in [0.5, 0.6) is 0 Å². The fourth-order valence-electron chi connectivity index (χ4n) is 2.91. The van der Waals surface area contributed by atoms with E-state index >= 15 is 0 Å². The summed E-state index contributed by atoms with van der Waals surface area (Å²) in [5.74, 6) is 0.717. The zero-order chi connectivity index (χ0) is 15.7. The molecule has 5 heteroatoms. The minimum atomic E-state index is 0.166. The summed E-state index contributed by atoms with van der Waals surface area (Å²) in [7, 11) is 0. The maximum atomic E-state index is 12.0. The van der Waals surface area contributed by atoms with Crippen molar-refractivity contribution >= 4 is 5.91 Å². The van der Waals surface area contributed by atoms with Crippen molar-refractivity contribution < 1.29 is 4.79 Å². The second kappa shape index (κ2) is 10.1. The molecule has 0 aliphatic carbocycles. The Morgan fingerprint density at radius 1 is 1.19 bits per heavy atom. The minimum absolute atomic E-state index is 0.166. The fourth-order valence-corrected chi connectivity index (χ4v) is 2.91. The number of nitrogens with two attached hydrogens (primary N) is 1. The van der Waals surface area contributed by atoms with E-state index in [0.717, 1.165) is 58.5 Å². The molecule has 1 rings (SSSR count). The van der Waals surface area contributed by atoms with Gasteiger partial charge in [0, 0.05) is 25.7 Å². The maximum absolute atomic E-state index is 12.0. The van der Waals surface area contributed by atoms with Crippen LogP contribution in [0.1, 0.15) is 40.0 Å². The number of hydrogen-bond acceptors (Lipinski definition) is 4. The van der Waals surface area contributed by atoms with Crippen LogP contribution in [0.3, 0.4) is 0 Å². The number of nitrogens with zero attached hydrogens (tertiary/aromatic N) is 2. The van der Waals surface area contributed by atoms with E-state index in [1.165, 1.54) is 0 Å². The van der Waals surface area contributed by atoms with E-state index in [4.69, 9.17) is 5.73 Å². The van der Waals surface area contributed by atoms with Gasteiger partial charge in [0.1, 0.15) is 0 Å². The van der Waals surface area contributed by atoms with Gasteiger partial charge in [0.25, 0.3) is 0 Å². The predicted octanol–water partition coefficient (Wildman–Crippen LogP) is 0.894. The Hall–Kier alpha value is -0.650. The molecule has 124 valence electrons. The molecular weight excluding hydrogens is 264 g/mol. The molecule has 1 fully saturated rings. The number of rotatable bonds is 8. The lowest BCUT2D eigenvalue weighted by atomic mass is 10.1. The molecule has 0 bridgehead atoms. The Labute approximate surface area is 130 Å². The molecule has 21 heavy (non-hydrogen) atoms. The van der Waals surface area contributed by atoms with Crippen LogP contribution >= 0.6 is 0 Å². The molecule has 2 unspecified atom stereocenters. The van der Waals surface area contributed by atoms with E-state index in [1.807, 2.05) is 0 Å². The predicted molar refractivity (Wildman–Crippen MR) is 88.2 cm³/mol. The molecule has 1 aliphatic rings. The standard InChI is InChI=1S/C16H34N4O/c1-4-6-15(3)18-16(21)13-20-8-5-7-19(9-10-20)12-14(2)11-17/h14-15H,4-13,17H2,1-3H3,(H,18,21). The molecule has 0 aromatic rings. The van der Waals surface area contributed by atoms with E-state index in [-0.39, 0.29) is 11.9 Å². The first-order valence-corrected chi connectivity index (χ1v) is 8.49. The van der Waals surface area contributed by atoms with Gasteiger partial charge in [0.15, 0.2) is 0 Å². The summed E-state index contributed by atoms with van der Waals surface area (Å²) in [6.07, 6.45) is 3.30. The molecule has 0 aromatic carbocycles. The first kappa shape index (κ1) is 18.4. The van der Waals surface area contributed by atoms with Crippen LogP contribution in [0.25, 0.3) is 0 Å². The molecule has 1 amide bonds. The van der Waals surface area contributed by atoms with E-state index < -0.39 is 0 Å². The Bertz CT molecular complexity index is 298. The van der Waals surface area contributed by atoms with Gasteiger partial charge < -0.3 is 16.0 Å². The summed E-state index contributed by atoms with van der Waals surface area (Å²) in [6.45, 7) is 12.9. The molecule has 1 heterocycles. The van der Waals surface area contributed by atoms with E-state index in [9.17, 15) is 4.79 Å². The molecule has 5 nitrogen and oxygen atoms in total. The molecule has 2 atom stereocenters. The molecule has 0 radical (unpaired) electrons. The van der Waals surface area contributed by atoms with E-state index in [0.29, 0.717) is 12.5 Å². The smallest absolute Gasteiger partial charge is 0.234 e. The summed E-state index contributed by atoms with van der Waals surface area (Å²) in [5, 5.41) is 3.09. The number of amides is 1. The Kier molecular flexibility index (Phi) is 8.88. The van der Waals surface area contributed by atoms with Crippen molar-refractivity contribution in [2.45, 2.75) is 46.1 Å². The molecule has 1 saturated heterocycles. The molecule has 0 aromatic heterocycles. The van der Waals surface area contributed by atoms with Crippen molar-refractivity contribution in [3.05, 3.63) is 0 Å². The lowest BCUT2D eigenvalue weighted by Crippen LogP contribution is -2.42. The summed E-state index contributed by atoms with van der Waals surface area (Å²) in [4.78, 5) is 16.8. The van der Waals surface area contributed by atoms with Crippen LogP contribution in [0.15, 0.2) is 0 Å². The second-order valence-corrected chi connectivity index (χ2v) is 6.53. The van der Waals surface area contributed by atoms with Crippen molar-refractivity contribution in [2.75, 3.05) is 45.8 Å². The van der Waals surface area contributed by atoms with Crippen LogP contribution in [-0.4, -0.2) is 67.6 Å². The summed E-state index contributed by atoms with van der Waals surface area (Å²) in [5.41, 5.74) is 5.70. The van der Waals surface area contributed by atoms with Crippen molar-refractivity contribution in [3.8, 4) is 0 Å². The average molecular weight is 298 g/mol. The highest BCUT2D eigenvalue weighted by atomic mass is 16.2. The van der Waals surface area contributed by atoms with Gasteiger partial charge >= 0.3 is 0 Å². The third-order valence-electron chi connectivity index (χ3n) is 4.15. The lowest BCUT2D eigenvalue weighted by Gasteiger charge is -2.24. The highest BCUT2D eigenvalue weighted by Gasteiger charge is 2.18. The Morgan fingerprint density at radius 2 is 1.86 bits per heavy atom. The third kappa shape index (κ3) is 7.79. The van der Waals surface area contributed by atoms with Gasteiger partial charge in [-0.3, -0.25) is 9.69 Å². The van der Waals surface area contributed by atoms with Crippen LogP contribution in [0.4, 0.5) is 0 Å². The zero-order valence-electron chi connectivity index (χ0n) is 14.1. The SMILES string of the molecule is CCCC(C)NC(=O)CN1CCCN(CC(C)CN)CC1. The van der Waals surface area contributed by atoms with Crippen molar-refractivity contribution in [1.29, 1.82) is 0 Å². The van der Waals surface area contributed by atoms with Crippen LogP contribution in [0.2, 0.25) is 0 Å². The van der Waals surface area contributed by atoms with Gasteiger partial charge in [-0.2, -0.15) is 0 Å². The summed E-state index contributed by atoms with van der Waals surface area (Å²) in [6, 6.07) is 0.288. The van der Waals surface area contributed by atoms with Crippen molar-refractivity contribution in [3.63, 3.8) is 0 Å². The molecule has 0 spiro atoms. The Morgan fingerprint density at radius 3 is 2.52 bits per heavy atom. The monoisotopic (exact) mass is 298 g/mol. The van der Waals surface area contributed by atoms with Crippen LogP contribution in [0, 0.1) is 5.92 Å². The van der Waals surface area contributed by atoms with Gasteiger partial charge in [0.2, 0.25) is 5.91 Å². The van der Waals surface area contributed by atoms with E-state index in [1.54, 1.807) is 0 Å². The molecule has 3 N–H and O–H groups in total. The van der Waals surface area contributed by atoms with Gasteiger partial charge in [0.05, 0.1) is 6.54 Å². The van der Waals surface area contributed by atoms with Gasteiger partial charge in [-0.25, -0.2) is 0 Å². The van der Waals surface area contributed by atoms with Crippen LogP contribution < -0.4 is 11.1 Å². The highest BCUT2D eigenvalue weighted by molar-refractivity contribution is 5.78. The van der Waals surface area contributed by atoms with Crippen molar-refractivity contribution in [2.24, 2.45) is 11.7 Å². The van der Waals surface area contributed by atoms with Gasteiger partial charge in [-0.15, -0.1) is 0 Å². The first-order valence-electron chi connectivity index (χ1n) is 8.49. The number of nitrogens with one attached hydrogen (secondary N) is 1. The maximum Gasteiger partial charge on any atom is 0.234 e. The number of carbonyl (C=O) groups is 1. The largest absolute Gasteiger partial charge is 0.353 e. The molecule has 1 aliphatic heterocycles. The third-order valence-corrected chi connectivity index (χ3v) is 4.15. The second-order valence-electron chi connectivity index (χ2n) is 6.53. The summed E-state index contributed by atoms with van der Waals surface area (Å²) >= 11 is 0. The topological polar surface area (TPSA) is 61.6 Å². The fraction of sp³-hybridized carbons (Fsp3) is 0.938. The zero-order valence-corrected chi connectivity index (χ0v) is 14.1. The molecule has 0 saturated carbocycles. The number of carbonyl (C=O) groups excluding carboxylic acids is 1. The van der Waals surface area contributed by atoms with Gasteiger partial charge in [-0.05, 0) is 45.3 Å². The van der Waals surface area contributed by atoms with Crippen LogP contribution in [-0.2, 0) is 4.79 Å². The molecular formula is C16H34N4O. The Balaban J connectivity index is 2.29. The minimum Gasteiger partial charge on any atom is -0.353 e. The lowest BCUT2D eigenvalue weighted by molar-refractivity contribution is -0.122. The van der Waals surface area contributed by atoms with E-state index in [2.05, 4.69) is 35.9 Å². The van der Waals surface area contributed by atoms with Gasteiger partial charge in [-0.1, -0.05) is 20.3 Å². The summed E-state index contributed by atoms with van der Waals surface area (Å²) < 4.78 is 0.